The highest BCUT2D eigenvalue weighted by Gasteiger charge is 2.32. The standard InChI is InChI=1S/C17H27NO2S/c1-5-11-18-17(3,16(19)20-4)10-12-21-13-15-9-7-6-8-14(15)2/h6-9,18H,5,10-13H2,1-4H3. The lowest BCUT2D eigenvalue weighted by atomic mass is 9.99. The van der Waals surface area contributed by atoms with Crippen LogP contribution in [0.4, 0.5) is 0 Å². The maximum Gasteiger partial charge on any atom is 0.325 e. The first-order valence-corrected chi connectivity index (χ1v) is 8.64. The molecular weight excluding hydrogens is 282 g/mol. The zero-order chi connectivity index (χ0) is 15.7. The molecule has 0 amide bonds. The molecule has 21 heavy (non-hydrogen) atoms. The third kappa shape index (κ3) is 5.71. The van der Waals surface area contributed by atoms with Crippen LogP contribution in [-0.2, 0) is 15.3 Å². The van der Waals surface area contributed by atoms with E-state index in [1.165, 1.54) is 18.2 Å². The van der Waals surface area contributed by atoms with Crippen LogP contribution in [0.25, 0.3) is 0 Å². The fourth-order valence-electron chi connectivity index (χ4n) is 2.12. The van der Waals surface area contributed by atoms with Crippen molar-refractivity contribution in [3.63, 3.8) is 0 Å². The van der Waals surface area contributed by atoms with Crippen LogP contribution in [0.2, 0.25) is 0 Å². The van der Waals surface area contributed by atoms with Crippen molar-refractivity contribution < 1.29 is 9.53 Å². The number of aryl methyl sites for hydroxylation is 1. The van der Waals surface area contributed by atoms with E-state index in [1.807, 2.05) is 18.7 Å². The Morgan fingerprint density at radius 1 is 1.38 bits per heavy atom. The van der Waals surface area contributed by atoms with Crippen LogP contribution >= 0.6 is 11.8 Å². The van der Waals surface area contributed by atoms with E-state index in [1.54, 1.807) is 0 Å². The molecule has 1 aromatic carbocycles. The van der Waals surface area contributed by atoms with Gasteiger partial charge >= 0.3 is 5.97 Å². The summed E-state index contributed by atoms with van der Waals surface area (Å²) in [7, 11) is 1.45. The van der Waals surface area contributed by atoms with Gasteiger partial charge in [-0.15, -0.1) is 0 Å². The Morgan fingerprint density at radius 3 is 2.71 bits per heavy atom. The van der Waals surface area contributed by atoms with Crippen LogP contribution in [0, 0.1) is 6.92 Å². The van der Waals surface area contributed by atoms with E-state index in [0.29, 0.717) is 0 Å². The highest BCUT2D eigenvalue weighted by atomic mass is 32.2. The van der Waals surface area contributed by atoms with Crippen molar-refractivity contribution >= 4 is 17.7 Å². The SMILES string of the molecule is CCCNC(C)(CCSCc1ccccc1C)C(=O)OC. The molecule has 0 bridgehead atoms. The van der Waals surface area contributed by atoms with E-state index < -0.39 is 5.54 Å². The minimum atomic E-state index is -0.580. The molecule has 1 N–H and O–H groups in total. The van der Waals surface area contributed by atoms with Crippen molar-refractivity contribution in [3.05, 3.63) is 35.4 Å². The summed E-state index contributed by atoms with van der Waals surface area (Å²) in [6.45, 7) is 6.99. The number of rotatable bonds is 9. The van der Waals surface area contributed by atoms with Gasteiger partial charge < -0.3 is 10.1 Å². The fourth-order valence-corrected chi connectivity index (χ4v) is 3.36. The van der Waals surface area contributed by atoms with Gasteiger partial charge in [-0.25, -0.2) is 0 Å². The molecule has 1 aromatic rings. The summed E-state index contributed by atoms with van der Waals surface area (Å²) in [5.74, 6) is 1.74. The predicted octanol–water partition coefficient (Wildman–Crippen LogP) is 3.55. The molecule has 0 aliphatic carbocycles. The molecule has 0 radical (unpaired) electrons. The number of carbonyl (C=O) groups excluding carboxylic acids is 1. The molecule has 0 heterocycles. The van der Waals surface area contributed by atoms with Crippen molar-refractivity contribution in [1.29, 1.82) is 0 Å². The normalized spacial score (nSPS) is 13.7. The zero-order valence-electron chi connectivity index (χ0n) is 13.6. The zero-order valence-corrected chi connectivity index (χ0v) is 14.4. The number of benzene rings is 1. The van der Waals surface area contributed by atoms with Crippen LogP contribution in [0.15, 0.2) is 24.3 Å². The molecule has 0 fully saturated rings. The minimum absolute atomic E-state index is 0.174. The summed E-state index contributed by atoms with van der Waals surface area (Å²) in [6, 6.07) is 8.44. The van der Waals surface area contributed by atoms with Gasteiger partial charge in [-0.2, -0.15) is 11.8 Å². The first kappa shape index (κ1) is 18.1. The van der Waals surface area contributed by atoms with Gasteiger partial charge in [-0.05, 0) is 50.1 Å². The Hall–Kier alpha value is -1.00. The Labute approximate surface area is 132 Å². The number of esters is 1. The Kier molecular flexibility index (Phi) is 7.83. The van der Waals surface area contributed by atoms with Crippen molar-refractivity contribution in [1.82, 2.24) is 5.32 Å². The Morgan fingerprint density at radius 2 is 2.10 bits per heavy atom. The predicted molar refractivity (Wildman–Crippen MR) is 90.7 cm³/mol. The van der Waals surface area contributed by atoms with Gasteiger partial charge in [0.05, 0.1) is 7.11 Å². The van der Waals surface area contributed by atoms with Gasteiger partial charge in [0, 0.05) is 5.75 Å². The largest absolute Gasteiger partial charge is 0.468 e. The quantitative estimate of drug-likeness (QED) is 0.559. The molecule has 1 rings (SSSR count). The topological polar surface area (TPSA) is 38.3 Å². The second-order valence-electron chi connectivity index (χ2n) is 5.48. The third-order valence-corrected chi connectivity index (χ3v) is 4.67. The Bertz CT molecular complexity index is 450. The summed E-state index contributed by atoms with van der Waals surface area (Å²) < 4.78 is 4.94. The van der Waals surface area contributed by atoms with Crippen LogP contribution in [0.1, 0.15) is 37.8 Å². The number of hydrogen-bond donors (Lipinski definition) is 1. The first-order chi connectivity index (χ1) is 10.0. The van der Waals surface area contributed by atoms with Crippen LogP contribution < -0.4 is 5.32 Å². The molecule has 118 valence electrons. The average Bonchev–Trinajstić information content (AvgIpc) is 2.50. The lowest BCUT2D eigenvalue weighted by molar-refractivity contribution is -0.148. The summed E-state index contributed by atoms with van der Waals surface area (Å²) in [6.07, 6.45) is 1.78. The second kappa shape index (κ2) is 9.11. The van der Waals surface area contributed by atoms with Crippen molar-refractivity contribution in [2.45, 2.75) is 44.9 Å². The monoisotopic (exact) mass is 309 g/mol. The summed E-state index contributed by atoms with van der Waals surface area (Å²) in [5.41, 5.74) is 2.11. The molecule has 0 aromatic heterocycles. The second-order valence-corrected chi connectivity index (χ2v) is 6.58. The summed E-state index contributed by atoms with van der Waals surface area (Å²) >= 11 is 1.86. The molecule has 0 aliphatic heterocycles. The lowest BCUT2D eigenvalue weighted by Gasteiger charge is -2.27. The van der Waals surface area contributed by atoms with Gasteiger partial charge in [0.2, 0.25) is 0 Å². The van der Waals surface area contributed by atoms with E-state index in [9.17, 15) is 4.79 Å². The van der Waals surface area contributed by atoms with Gasteiger partial charge in [0.25, 0.3) is 0 Å². The molecule has 0 saturated heterocycles. The van der Waals surface area contributed by atoms with Gasteiger partial charge in [-0.3, -0.25) is 4.79 Å². The maximum atomic E-state index is 12.0. The molecule has 3 nitrogen and oxygen atoms in total. The first-order valence-electron chi connectivity index (χ1n) is 7.49. The lowest BCUT2D eigenvalue weighted by Crippen LogP contribution is -2.50. The van der Waals surface area contributed by atoms with E-state index in [0.717, 1.165) is 30.9 Å². The van der Waals surface area contributed by atoms with E-state index >= 15 is 0 Å². The molecule has 1 unspecified atom stereocenters. The van der Waals surface area contributed by atoms with Gasteiger partial charge in [0.1, 0.15) is 5.54 Å². The van der Waals surface area contributed by atoms with E-state index in [-0.39, 0.29) is 5.97 Å². The third-order valence-electron chi connectivity index (χ3n) is 3.67. The molecule has 0 saturated carbocycles. The molecule has 4 heteroatoms. The maximum absolute atomic E-state index is 12.0. The number of carbonyl (C=O) groups is 1. The van der Waals surface area contributed by atoms with Gasteiger partial charge in [0.15, 0.2) is 0 Å². The van der Waals surface area contributed by atoms with Crippen LogP contribution in [0.5, 0.6) is 0 Å². The average molecular weight is 309 g/mol. The highest BCUT2D eigenvalue weighted by Crippen LogP contribution is 2.20. The minimum Gasteiger partial charge on any atom is -0.468 e. The van der Waals surface area contributed by atoms with Gasteiger partial charge in [-0.1, -0.05) is 31.2 Å². The summed E-state index contributed by atoms with van der Waals surface area (Å²) in [5, 5.41) is 3.32. The van der Waals surface area contributed by atoms with Crippen LogP contribution in [0.3, 0.4) is 0 Å². The van der Waals surface area contributed by atoms with E-state index in [4.69, 9.17) is 4.74 Å². The number of hydrogen-bond acceptors (Lipinski definition) is 4. The van der Waals surface area contributed by atoms with Crippen molar-refractivity contribution in [3.8, 4) is 0 Å². The number of methoxy groups -OCH3 is 1. The number of thioether (sulfide) groups is 1. The molecule has 1 atom stereocenters. The number of ether oxygens (including phenoxy) is 1. The fraction of sp³-hybridized carbons (Fsp3) is 0.588. The summed E-state index contributed by atoms with van der Waals surface area (Å²) in [4.78, 5) is 12.0. The Balaban J connectivity index is 2.46. The highest BCUT2D eigenvalue weighted by molar-refractivity contribution is 7.98. The molecule has 0 aliphatic rings. The van der Waals surface area contributed by atoms with Crippen molar-refractivity contribution in [2.24, 2.45) is 0 Å². The van der Waals surface area contributed by atoms with Crippen molar-refractivity contribution in [2.75, 3.05) is 19.4 Å². The van der Waals surface area contributed by atoms with E-state index in [2.05, 4.69) is 43.4 Å². The molecular formula is C17H27NO2S. The number of nitrogens with one attached hydrogen (secondary N) is 1. The molecule has 0 spiro atoms. The van der Waals surface area contributed by atoms with Crippen LogP contribution in [-0.4, -0.2) is 30.9 Å². The smallest absolute Gasteiger partial charge is 0.325 e.